The van der Waals surface area contributed by atoms with Gasteiger partial charge in [0.1, 0.15) is 6.54 Å². The van der Waals surface area contributed by atoms with E-state index in [4.69, 9.17) is 9.15 Å². The molecule has 0 aliphatic heterocycles. The number of furan rings is 1. The fourth-order valence-electron chi connectivity index (χ4n) is 2.33. The molecular weight excluding hydrogens is 408 g/mol. The van der Waals surface area contributed by atoms with Crippen LogP contribution in [0.4, 0.5) is 0 Å². The number of carbonyl (C=O) groups excluding carboxylic acids is 2. The maximum atomic E-state index is 12.3. The Morgan fingerprint density at radius 2 is 2.12 bits per heavy atom. The summed E-state index contributed by atoms with van der Waals surface area (Å²) >= 11 is 4.50. The van der Waals surface area contributed by atoms with Gasteiger partial charge in [-0.25, -0.2) is 0 Å². The molecule has 0 aliphatic rings. The lowest BCUT2D eigenvalue weighted by atomic mass is 10.2. The molecule has 1 amide bonds. The number of hydrogen-bond donors (Lipinski definition) is 0. The van der Waals surface area contributed by atoms with Crippen LogP contribution in [-0.4, -0.2) is 23.1 Å². The molecule has 2 heterocycles. The molecule has 0 spiro atoms. The van der Waals surface area contributed by atoms with Crippen molar-refractivity contribution in [3.05, 3.63) is 51.1 Å². The van der Waals surface area contributed by atoms with Gasteiger partial charge < -0.3 is 13.7 Å². The lowest BCUT2D eigenvalue weighted by Crippen LogP contribution is -2.23. The van der Waals surface area contributed by atoms with Crippen molar-refractivity contribution in [1.29, 1.82) is 0 Å². The van der Waals surface area contributed by atoms with E-state index in [1.54, 1.807) is 23.6 Å². The van der Waals surface area contributed by atoms with Crippen LogP contribution in [0.15, 0.2) is 44.4 Å². The van der Waals surface area contributed by atoms with E-state index in [9.17, 15) is 9.59 Å². The Kier molecular flexibility index (Phi) is 5.19. The molecule has 0 fully saturated rings. The van der Waals surface area contributed by atoms with Crippen molar-refractivity contribution in [2.24, 2.45) is 4.99 Å². The first-order valence-electron chi connectivity index (χ1n) is 7.58. The number of halogens is 1. The molecule has 25 heavy (non-hydrogen) atoms. The highest BCUT2D eigenvalue weighted by molar-refractivity contribution is 9.10. The van der Waals surface area contributed by atoms with Crippen molar-refractivity contribution >= 4 is 49.4 Å². The summed E-state index contributed by atoms with van der Waals surface area (Å²) in [7, 11) is 0. The van der Waals surface area contributed by atoms with Crippen LogP contribution in [0.5, 0.6) is 0 Å². The summed E-state index contributed by atoms with van der Waals surface area (Å²) in [5.74, 6) is -0.757. The zero-order valence-corrected chi connectivity index (χ0v) is 16.0. The van der Waals surface area contributed by atoms with E-state index >= 15 is 0 Å². The monoisotopic (exact) mass is 422 g/mol. The van der Waals surface area contributed by atoms with Gasteiger partial charge in [0.2, 0.25) is 0 Å². The number of benzene rings is 1. The van der Waals surface area contributed by atoms with Gasteiger partial charge in [0.25, 0.3) is 0 Å². The molecule has 3 rings (SSSR count). The second-order valence-corrected chi connectivity index (χ2v) is 7.06. The number of carbonyl (C=O) groups is 2. The van der Waals surface area contributed by atoms with Crippen LogP contribution in [-0.2, 0) is 16.1 Å². The fraction of sp³-hybridized carbons (Fsp3) is 0.235. The van der Waals surface area contributed by atoms with Crippen molar-refractivity contribution in [1.82, 2.24) is 4.57 Å². The SMILES string of the molecule is CCOC(=O)Cn1c(=NC(=O)c2ccc(Br)o2)sc2cc(C)ccc21. The second kappa shape index (κ2) is 7.37. The van der Waals surface area contributed by atoms with Crippen LogP contribution in [0.25, 0.3) is 10.2 Å². The summed E-state index contributed by atoms with van der Waals surface area (Å²) < 4.78 is 13.4. The highest BCUT2D eigenvalue weighted by atomic mass is 79.9. The molecule has 0 saturated heterocycles. The van der Waals surface area contributed by atoms with Crippen LogP contribution >= 0.6 is 27.3 Å². The summed E-state index contributed by atoms with van der Waals surface area (Å²) in [6.45, 7) is 4.02. The van der Waals surface area contributed by atoms with Crippen LogP contribution in [0.3, 0.4) is 0 Å². The van der Waals surface area contributed by atoms with Crippen LogP contribution < -0.4 is 4.80 Å². The molecule has 0 N–H and O–H groups in total. The van der Waals surface area contributed by atoms with Crippen molar-refractivity contribution < 1.29 is 18.7 Å². The third kappa shape index (κ3) is 3.91. The van der Waals surface area contributed by atoms with Gasteiger partial charge >= 0.3 is 11.9 Å². The van der Waals surface area contributed by atoms with Crippen molar-refractivity contribution in [3.63, 3.8) is 0 Å². The molecule has 0 bridgehead atoms. The highest BCUT2D eigenvalue weighted by Crippen LogP contribution is 2.20. The first-order valence-corrected chi connectivity index (χ1v) is 9.19. The largest absolute Gasteiger partial charge is 0.465 e. The van der Waals surface area contributed by atoms with Gasteiger partial charge in [0.15, 0.2) is 15.2 Å². The van der Waals surface area contributed by atoms with E-state index in [2.05, 4.69) is 20.9 Å². The lowest BCUT2D eigenvalue weighted by molar-refractivity contribution is -0.143. The molecular formula is C17H15BrN2O4S. The number of fused-ring (bicyclic) bond motifs is 1. The van der Waals surface area contributed by atoms with Gasteiger partial charge in [0, 0.05) is 0 Å². The van der Waals surface area contributed by atoms with Gasteiger partial charge in [0.05, 0.1) is 16.8 Å². The number of amides is 1. The molecule has 1 aromatic carbocycles. The van der Waals surface area contributed by atoms with Crippen LogP contribution in [0, 0.1) is 6.92 Å². The zero-order valence-electron chi connectivity index (χ0n) is 13.6. The van der Waals surface area contributed by atoms with Crippen molar-refractivity contribution in [2.45, 2.75) is 20.4 Å². The molecule has 2 aromatic heterocycles. The number of ether oxygens (including phenoxy) is 1. The Morgan fingerprint density at radius 1 is 1.32 bits per heavy atom. The van der Waals surface area contributed by atoms with Crippen LogP contribution in [0.1, 0.15) is 23.0 Å². The summed E-state index contributed by atoms with van der Waals surface area (Å²) in [5, 5.41) is 0. The zero-order chi connectivity index (χ0) is 18.0. The average molecular weight is 423 g/mol. The summed E-state index contributed by atoms with van der Waals surface area (Å²) in [6.07, 6.45) is 0. The van der Waals surface area contributed by atoms with Gasteiger partial charge in [-0.15, -0.1) is 0 Å². The highest BCUT2D eigenvalue weighted by Gasteiger charge is 2.14. The van der Waals surface area contributed by atoms with Crippen LogP contribution in [0.2, 0.25) is 0 Å². The average Bonchev–Trinajstić information content (AvgIpc) is 3.12. The molecule has 0 aliphatic carbocycles. The van der Waals surface area contributed by atoms with E-state index in [0.717, 1.165) is 15.8 Å². The van der Waals surface area contributed by atoms with Gasteiger partial charge in [-0.1, -0.05) is 17.4 Å². The molecule has 0 saturated carbocycles. The lowest BCUT2D eigenvalue weighted by Gasteiger charge is -2.05. The fourth-order valence-corrected chi connectivity index (χ4v) is 3.76. The van der Waals surface area contributed by atoms with E-state index in [0.29, 0.717) is 16.1 Å². The molecule has 0 radical (unpaired) electrons. The number of aryl methyl sites for hydroxylation is 1. The van der Waals surface area contributed by atoms with Gasteiger partial charge in [-0.2, -0.15) is 4.99 Å². The third-order valence-corrected chi connectivity index (χ3v) is 4.88. The third-order valence-electron chi connectivity index (χ3n) is 3.41. The summed E-state index contributed by atoms with van der Waals surface area (Å²) in [6, 6.07) is 9.03. The molecule has 8 heteroatoms. The second-order valence-electron chi connectivity index (χ2n) is 5.27. The predicted octanol–water partition coefficient (Wildman–Crippen LogP) is 3.67. The first kappa shape index (κ1) is 17.6. The standard InChI is InChI=1S/C17H15BrN2O4S/c1-3-23-15(21)9-20-11-5-4-10(2)8-13(11)25-17(20)19-16(22)12-6-7-14(18)24-12/h4-8H,3,9H2,1-2H3. The summed E-state index contributed by atoms with van der Waals surface area (Å²) in [4.78, 5) is 28.8. The van der Waals surface area contributed by atoms with Crippen molar-refractivity contribution in [3.8, 4) is 0 Å². The minimum absolute atomic E-state index is 0.00906. The molecule has 6 nitrogen and oxygen atoms in total. The minimum atomic E-state index is -0.508. The number of thiazole rings is 1. The first-order chi connectivity index (χ1) is 12.0. The maximum Gasteiger partial charge on any atom is 0.326 e. The Labute approximate surface area is 155 Å². The predicted molar refractivity (Wildman–Crippen MR) is 97.5 cm³/mol. The normalized spacial score (nSPS) is 11.9. The summed E-state index contributed by atoms with van der Waals surface area (Å²) in [5.41, 5.74) is 1.92. The number of rotatable bonds is 4. The topological polar surface area (TPSA) is 73.8 Å². The molecule has 0 atom stereocenters. The Hall–Kier alpha value is -2.19. The Bertz CT molecular complexity index is 1020. The Balaban J connectivity index is 2.10. The molecule has 130 valence electrons. The number of aromatic nitrogens is 1. The van der Waals surface area contributed by atoms with Crippen molar-refractivity contribution in [2.75, 3.05) is 6.61 Å². The smallest absolute Gasteiger partial charge is 0.326 e. The van der Waals surface area contributed by atoms with Gasteiger partial charge in [-0.05, 0) is 59.6 Å². The number of nitrogens with zero attached hydrogens (tertiary/aromatic N) is 2. The number of hydrogen-bond acceptors (Lipinski definition) is 5. The van der Waals surface area contributed by atoms with E-state index in [-0.39, 0.29) is 18.3 Å². The van der Waals surface area contributed by atoms with Gasteiger partial charge in [-0.3, -0.25) is 9.59 Å². The minimum Gasteiger partial charge on any atom is -0.465 e. The van der Waals surface area contributed by atoms with E-state index in [1.807, 2.05) is 25.1 Å². The Morgan fingerprint density at radius 3 is 2.80 bits per heavy atom. The van der Waals surface area contributed by atoms with E-state index < -0.39 is 5.91 Å². The number of esters is 1. The molecule has 0 unspecified atom stereocenters. The quantitative estimate of drug-likeness (QED) is 0.601. The van der Waals surface area contributed by atoms with E-state index in [1.165, 1.54) is 11.3 Å². The molecule has 3 aromatic rings. The maximum absolute atomic E-state index is 12.3.